The Balaban J connectivity index is 1.36. The molecule has 2 atom stereocenters. The molecule has 0 radical (unpaired) electrons. The molecule has 0 aromatic carbocycles. The third-order valence-corrected chi connectivity index (χ3v) is 8.61. The van der Waals surface area contributed by atoms with Crippen molar-refractivity contribution in [2.45, 2.75) is 123 Å². The summed E-state index contributed by atoms with van der Waals surface area (Å²) in [5, 5.41) is 0. The minimum Gasteiger partial charge on any atom is -0.0849 e. The van der Waals surface area contributed by atoms with Gasteiger partial charge < -0.3 is 0 Å². The summed E-state index contributed by atoms with van der Waals surface area (Å²) in [6, 6.07) is 0. The molecule has 156 valence electrons. The monoisotopic (exact) mass is 372 g/mol. The van der Waals surface area contributed by atoms with Crippen molar-refractivity contribution in [2.24, 2.45) is 35.5 Å². The summed E-state index contributed by atoms with van der Waals surface area (Å²) in [7, 11) is 0. The molecule has 0 bridgehead atoms. The Morgan fingerprint density at radius 1 is 0.519 bits per heavy atom. The Hall–Kier alpha value is -0.260. The fraction of sp³-hybridized carbons (Fsp3) is 0.926. The molecular formula is C27H48. The Morgan fingerprint density at radius 3 is 1.37 bits per heavy atom. The van der Waals surface area contributed by atoms with Gasteiger partial charge in [-0.2, -0.15) is 0 Å². The minimum atomic E-state index is 0.929. The maximum Gasteiger partial charge on any atom is -0.0205 e. The summed E-state index contributed by atoms with van der Waals surface area (Å²) in [6.07, 6.45) is 30.8. The molecule has 0 spiro atoms. The van der Waals surface area contributed by atoms with Gasteiger partial charge in [0.25, 0.3) is 0 Å². The summed E-state index contributed by atoms with van der Waals surface area (Å²) in [6.45, 7) is 4.67. The molecule has 2 unspecified atom stereocenters. The van der Waals surface area contributed by atoms with Gasteiger partial charge in [0.1, 0.15) is 0 Å². The summed E-state index contributed by atoms with van der Waals surface area (Å²) >= 11 is 0. The van der Waals surface area contributed by atoms with Crippen LogP contribution in [0, 0.1) is 35.5 Å². The Kier molecular flexibility index (Phi) is 9.27. The van der Waals surface area contributed by atoms with E-state index in [1.807, 2.05) is 0 Å². The van der Waals surface area contributed by atoms with Crippen molar-refractivity contribution in [1.82, 2.24) is 0 Å². The van der Waals surface area contributed by atoms with E-state index in [1.54, 1.807) is 0 Å². The number of rotatable bonds is 9. The molecule has 0 aliphatic heterocycles. The third kappa shape index (κ3) is 6.64. The van der Waals surface area contributed by atoms with Crippen LogP contribution < -0.4 is 0 Å². The van der Waals surface area contributed by atoms with Crippen LogP contribution in [-0.4, -0.2) is 0 Å². The van der Waals surface area contributed by atoms with E-state index in [0.29, 0.717) is 0 Å². The Bertz CT molecular complexity index is 406. The van der Waals surface area contributed by atoms with Gasteiger partial charge in [-0.05, 0) is 74.0 Å². The molecule has 2 fully saturated rings. The number of hydrogen-bond acceptors (Lipinski definition) is 0. The highest BCUT2D eigenvalue weighted by atomic mass is 14.4. The van der Waals surface area contributed by atoms with Crippen molar-refractivity contribution < 1.29 is 0 Å². The first-order valence-corrected chi connectivity index (χ1v) is 13.0. The fourth-order valence-electron chi connectivity index (χ4n) is 6.63. The second-order valence-electron chi connectivity index (χ2n) is 10.5. The lowest BCUT2D eigenvalue weighted by atomic mass is 9.67. The predicted molar refractivity (Wildman–Crippen MR) is 120 cm³/mol. The van der Waals surface area contributed by atoms with Crippen molar-refractivity contribution in [3.63, 3.8) is 0 Å². The minimum absolute atomic E-state index is 0.929. The molecule has 0 nitrogen and oxygen atoms in total. The predicted octanol–water partition coefficient (Wildman–Crippen LogP) is 8.95. The zero-order valence-corrected chi connectivity index (χ0v) is 18.6. The maximum absolute atomic E-state index is 2.69. The summed E-state index contributed by atoms with van der Waals surface area (Å²) < 4.78 is 0. The van der Waals surface area contributed by atoms with Crippen LogP contribution in [0.15, 0.2) is 12.2 Å². The smallest absolute Gasteiger partial charge is 0.0205 e. The molecule has 0 aromatic rings. The van der Waals surface area contributed by atoms with Crippen molar-refractivity contribution in [3.05, 3.63) is 12.2 Å². The van der Waals surface area contributed by atoms with Gasteiger partial charge in [-0.3, -0.25) is 0 Å². The molecule has 3 aliphatic rings. The van der Waals surface area contributed by atoms with Gasteiger partial charge in [-0.1, -0.05) is 96.6 Å². The Labute approximate surface area is 171 Å². The zero-order valence-electron chi connectivity index (χ0n) is 18.6. The van der Waals surface area contributed by atoms with E-state index in [4.69, 9.17) is 0 Å². The van der Waals surface area contributed by atoms with E-state index >= 15 is 0 Å². The van der Waals surface area contributed by atoms with Crippen LogP contribution in [0.1, 0.15) is 123 Å². The van der Waals surface area contributed by atoms with Crippen LogP contribution in [0.5, 0.6) is 0 Å². The van der Waals surface area contributed by atoms with E-state index in [1.165, 1.54) is 109 Å². The normalized spacial score (nSPS) is 37.4. The SMILES string of the molecule is CCCCCC1CCC(C2C=CC(C3CCC(CCCC)CC3)CC2)CC1. The second kappa shape index (κ2) is 11.7. The average Bonchev–Trinajstić information content (AvgIpc) is 2.73. The van der Waals surface area contributed by atoms with E-state index in [9.17, 15) is 0 Å². The Morgan fingerprint density at radius 2 is 0.963 bits per heavy atom. The fourth-order valence-corrected chi connectivity index (χ4v) is 6.63. The maximum atomic E-state index is 2.69. The van der Waals surface area contributed by atoms with E-state index in [0.717, 1.165) is 35.5 Å². The first-order chi connectivity index (χ1) is 13.3. The highest BCUT2D eigenvalue weighted by Crippen LogP contribution is 2.43. The van der Waals surface area contributed by atoms with Crippen molar-refractivity contribution in [3.8, 4) is 0 Å². The van der Waals surface area contributed by atoms with Crippen LogP contribution in [0.25, 0.3) is 0 Å². The molecule has 0 heterocycles. The van der Waals surface area contributed by atoms with E-state index in [2.05, 4.69) is 26.0 Å². The quantitative estimate of drug-likeness (QED) is 0.280. The van der Waals surface area contributed by atoms with Gasteiger partial charge in [0, 0.05) is 0 Å². The number of unbranched alkanes of at least 4 members (excludes halogenated alkanes) is 3. The number of allylic oxidation sites excluding steroid dienone is 2. The van der Waals surface area contributed by atoms with Crippen LogP contribution in [0.3, 0.4) is 0 Å². The molecule has 0 aromatic heterocycles. The molecular weight excluding hydrogens is 324 g/mol. The van der Waals surface area contributed by atoms with E-state index < -0.39 is 0 Å². The molecule has 0 heteroatoms. The summed E-state index contributed by atoms with van der Waals surface area (Å²) in [4.78, 5) is 0. The van der Waals surface area contributed by atoms with Crippen LogP contribution >= 0.6 is 0 Å². The van der Waals surface area contributed by atoms with Gasteiger partial charge in [-0.25, -0.2) is 0 Å². The lowest BCUT2D eigenvalue weighted by Gasteiger charge is -2.38. The second-order valence-corrected chi connectivity index (χ2v) is 10.5. The molecule has 3 aliphatic carbocycles. The van der Waals surface area contributed by atoms with Gasteiger partial charge in [0.05, 0.1) is 0 Å². The van der Waals surface area contributed by atoms with Crippen molar-refractivity contribution in [1.29, 1.82) is 0 Å². The third-order valence-electron chi connectivity index (χ3n) is 8.61. The standard InChI is InChI=1S/C27H48/c1-3-5-7-9-23-12-16-25(17-13-23)27-20-18-26(19-21-27)24-14-10-22(11-15-24)8-6-4-2/h18,20,22-27H,3-17,19,21H2,1-2H3. The van der Waals surface area contributed by atoms with Crippen LogP contribution in [0.4, 0.5) is 0 Å². The molecule has 0 saturated heterocycles. The molecule has 3 rings (SSSR count). The largest absolute Gasteiger partial charge is 0.0849 e. The summed E-state index contributed by atoms with van der Waals surface area (Å²) in [5.41, 5.74) is 0. The molecule has 0 amide bonds. The lowest BCUT2D eigenvalue weighted by Crippen LogP contribution is -2.26. The van der Waals surface area contributed by atoms with Crippen molar-refractivity contribution >= 4 is 0 Å². The highest BCUT2D eigenvalue weighted by molar-refractivity contribution is 5.03. The number of hydrogen-bond donors (Lipinski definition) is 0. The molecule has 27 heavy (non-hydrogen) atoms. The van der Waals surface area contributed by atoms with Gasteiger partial charge in [-0.15, -0.1) is 0 Å². The molecule has 0 N–H and O–H groups in total. The first-order valence-electron chi connectivity index (χ1n) is 13.0. The average molecular weight is 373 g/mol. The zero-order chi connectivity index (χ0) is 18.9. The van der Waals surface area contributed by atoms with Gasteiger partial charge in [0.2, 0.25) is 0 Å². The van der Waals surface area contributed by atoms with Gasteiger partial charge >= 0.3 is 0 Å². The van der Waals surface area contributed by atoms with E-state index in [-0.39, 0.29) is 0 Å². The summed E-state index contributed by atoms with van der Waals surface area (Å²) in [5.74, 6) is 6.03. The topological polar surface area (TPSA) is 0 Å². The first kappa shape index (κ1) is 21.4. The highest BCUT2D eigenvalue weighted by Gasteiger charge is 2.31. The van der Waals surface area contributed by atoms with Crippen molar-refractivity contribution in [2.75, 3.05) is 0 Å². The van der Waals surface area contributed by atoms with Crippen LogP contribution in [0.2, 0.25) is 0 Å². The van der Waals surface area contributed by atoms with Crippen LogP contribution in [-0.2, 0) is 0 Å². The lowest BCUT2D eigenvalue weighted by molar-refractivity contribution is 0.175. The van der Waals surface area contributed by atoms with Gasteiger partial charge in [0.15, 0.2) is 0 Å². The molecule has 2 saturated carbocycles.